The first-order chi connectivity index (χ1) is 20.5. The maximum atomic E-state index is 14.0. The van der Waals surface area contributed by atoms with Crippen molar-refractivity contribution < 1.29 is 27.4 Å². The second kappa shape index (κ2) is 13.5. The summed E-state index contributed by atoms with van der Waals surface area (Å²) in [6.45, 7) is 3.29. The molecule has 13 heteroatoms. The summed E-state index contributed by atoms with van der Waals surface area (Å²) in [5, 5.41) is 4.37. The van der Waals surface area contributed by atoms with E-state index in [0.717, 1.165) is 31.4 Å². The van der Waals surface area contributed by atoms with Crippen molar-refractivity contribution in [2.45, 2.75) is 18.7 Å². The summed E-state index contributed by atoms with van der Waals surface area (Å²) in [7, 11) is -0.106. The first-order valence-electron chi connectivity index (χ1n) is 12.8. The highest BCUT2D eigenvalue weighted by Gasteiger charge is 2.30. The Kier molecular flexibility index (Phi) is 10.0. The number of carbonyl (C=O) groups is 1. The van der Waals surface area contributed by atoms with Crippen molar-refractivity contribution in [3.05, 3.63) is 93.2 Å². The van der Waals surface area contributed by atoms with Crippen molar-refractivity contribution in [3.8, 4) is 22.9 Å². The summed E-state index contributed by atoms with van der Waals surface area (Å²) in [6, 6.07) is 18.5. The summed E-state index contributed by atoms with van der Waals surface area (Å²) >= 11 is 9.73. The van der Waals surface area contributed by atoms with Gasteiger partial charge in [-0.05, 0) is 68.4 Å². The number of amides is 1. The summed E-state index contributed by atoms with van der Waals surface area (Å²) in [6.07, 6.45) is 1.52. The van der Waals surface area contributed by atoms with Crippen LogP contribution in [0, 0.1) is 13.8 Å². The third-order valence-electron chi connectivity index (χ3n) is 6.57. The summed E-state index contributed by atoms with van der Waals surface area (Å²) in [5.74, 6) is 0.0589. The van der Waals surface area contributed by atoms with Gasteiger partial charge in [-0.25, -0.2) is 13.8 Å². The highest BCUT2D eigenvalue weighted by Crippen LogP contribution is 2.37. The lowest BCUT2D eigenvalue weighted by Gasteiger charge is -2.25. The van der Waals surface area contributed by atoms with E-state index in [9.17, 15) is 13.2 Å². The van der Waals surface area contributed by atoms with Gasteiger partial charge in [0.2, 0.25) is 0 Å². The molecule has 0 aliphatic rings. The third kappa shape index (κ3) is 6.98. The second-order valence-electron chi connectivity index (χ2n) is 9.28. The van der Waals surface area contributed by atoms with E-state index < -0.39 is 22.5 Å². The molecule has 3 aromatic carbocycles. The lowest BCUT2D eigenvalue weighted by atomic mass is 10.2. The van der Waals surface area contributed by atoms with Crippen LogP contribution in [-0.4, -0.2) is 53.0 Å². The number of halogens is 2. The van der Waals surface area contributed by atoms with Crippen LogP contribution in [-0.2, 0) is 14.8 Å². The van der Waals surface area contributed by atoms with E-state index in [4.69, 9.17) is 25.8 Å². The third-order valence-corrected chi connectivity index (χ3v) is 9.05. The van der Waals surface area contributed by atoms with Gasteiger partial charge in [-0.2, -0.15) is 5.10 Å². The Hall–Kier alpha value is -4.00. The highest BCUT2D eigenvalue weighted by molar-refractivity contribution is 9.10. The minimum Gasteiger partial charge on any atom is -0.495 e. The van der Waals surface area contributed by atoms with Crippen molar-refractivity contribution in [2.24, 2.45) is 5.10 Å². The van der Waals surface area contributed by atoms with Gasteiger partial charge in [0.1, 0.15) is 12.3 Å². The zero-order valence-electron chi connectivity index (χ0n) is 24.1. The fourth-order valence-corrected chi connectivity index (χ4v) is 6.53. The van der Waals surface area contributed by atoms with Crippen molar-refractivity contribution in [3.63, 3.8) is 0 Å². The zero-order valence-corrected chi connectivity index (χ0v) is 27.2. The van der Waals surface area contributed by atoms with Crippen LogP contribution in [0.1, 0.15) is 17.0 Å². The maximum absolute atomic E-state index is 14.0. The Labute approximate surface area is 264 Å². The minimum absolute atomic E-state index is 0.0708. The van der Waals surface area contributed by atoms with E-state index in [-0.39, 0.29) is 27.1 Å². The molecule has 0 bridgehead atoms. The average Bonchev–Trinajstić information content (AvgIpc) is 3.27. The Morgan fingerprint density at radius 1 is 0.977 bits per heavy atom. The smallest absolute Gasteiger partial charge is 0.265 e. The molecule has 226 valence electrons. The van der Waals surface area contributed by atoms with E-state index in [2.05, 4.69) is 31.0 Å². The van der Waals surface area contributed by atoms with Crippen LogP contribution in [0.3, 0.4) is 0 Å². The maximum Gasteiger partial charge on any atom is 0.265 e. The molecule has 4 aromatic rings. The summed E-state index contributed by atoms with van der Waals surface area (Å²) in [5.41, 5.74) is 6.15. The second-order valence-corrected chi connectivity index (χ2v) is 12.5. The lowest BCUT2D eigenvalue weighted by Crippen LogP contribution is -2.39. The van der Waals surface area contributed by atoms with Crippen LogP contribution in [0.25, 0.3) is 5.69 Å². The fourth-order valence-electron chi connectivity index (χ4n) is 4.53. The fraction of sp³-hybridized carbons (Fsp3) is 0.200. The number of benzene rings is 3. The van der Waals surface area contributed by atoms with E-state index in [1.165, 1.54) is 57.9 Å². The van der Waals surface area contributed by atoms with E-state index >= 15 is 0 Å². The number of carbonyl (C=O) groups excluding carboxylic acids is 1. The molecule has 1 aromatic heterocycles. The Bertz CT molecular complexity index is 1790. The van der Waals surface area contributed by atoms with E-state index in [0.29, 0.717) is 5.75 Å². The van der Waals surface area contributed by atoms with Gasteiger partial charge in [-0.15, -0.1) is 0 Å². The predicted octanol–water partition coefficient (Wildman–Crippen LogP) is 5.88. The van der Waals surface area contributed by atoms with Gasteiger partial charge >= 0.3 is 0 Å². The van der Waals surface area contributed by atoms with Crippen molar-refractivity contribution >= 4 is 55.4 Å². The summed E-state index contributed by atoms with van der Waals surface area (Å²) in [4.78, 5) is 13.0. The number of anilines is 1. The molecule has 0 radical (unpaired) electrons. The van der Waals surface area contributed by atoms with Crippen molar-refractivity contribution in [2.75, 3.05) is 32.2 Å². The normalized spacial score (nSPS) is 11.4. The number of hydrogen-bond acceptors (Lipinski definition) is 7. The summed E-state index contributed by atoms with van der Waals surface area (Å²) < 4.78 is 47.8. The number of aryl methyl sites for hydroxylation is 1. The topological polar surface area (TPSA) is 111 Å². The molecule has 0 atom stereocenters. The predicted molar refractivity (Wildman–Crippen MR) is 171 cm³/mol. The first-order valence-corrected chi connectivity index (χ1v) is 15.5. The zero-order chi connectivity index (χ0) is 31.3. The number of ether oxygens (including phenoxy) is 3. The molecule has 0 saturated heterocycles. The van der Waals surface area contributed by atoms with Crippen LogP contribution in [0.15, 0.2) is 81.2 Å². The number of methoxy groups -OCH3 is 3. The average molecular weight is 690 g/mol. The molecule has 4 rings (SSSR count). The number of nitrogens with zero attached hydrogens (tertiary/aromatic N) is 3. The van der Waals surface area contributed by atoms with Crippen LogP contribution in [0.2, 0.25) is 5.02 Å². The molecule has 1 heterocycles. The number of sulfonamides is 1. The SMILES string of the molecule is COc1ccc(S(=O)(=O)N(CC(=O)N/N=C/c2cc(C)n(-c3cccc(Br)c3)c2C)c2cc(Cl)ccc2OC)cc1OC. The van der Waals surface area contributed by atoms with Gasteiger partial charge in [-0.1, -0.05) is 33.6 Å². The standard InChI is InChI=1S/C30H30BrClN4O6S/c1-19-13-21(20(2)36(19)24-8-6-7-22(31)14-24)17-33-34-30(37)18-35(26-15-23(32)9-11-27(26)40-3)43(38,39)25-10-12-28(41-4)29(16-25)42-5/h6-17H,18H2,1-5H3,(H,34,37)/b33-17+. The molecular formula is C30H30BrClN4O6S. The molecule has 0 fully saturated rings. The minimum atomic E-state index is -4.34. The van der Waals surface area contributed by atoms with Gasteiger partial charge in [0.05, 0.1) is 38.1 Å². The van der Waals surface area contributed by atoms with E-state index in [1.54, 1.807) is 6.07 Å². The molecule has 0 spiro atoms. The van der Waals surface area contributed by atoms with E-state index in [1.807, 2.05) is 44.2 Å². The monoisotopic (exact) mass is 688 g/mol. The van der Waals surface area contributed by atoms with Gasteiger partial charge in [0, 0.05) is 38.2 Å². The molecular weight excluding hydrogens is 660 g/mol. The van der Waals surface area contributed by atoms with Gasteiger partial charge in [0.25, 0.3) is 15.9 Å². The first kappa shape index (κ1) is 31.9. The number of rotatable bonds is 11. The molecule has 0 saturated carbocycles. The molecule has 1 N–H and O–H groups in total. The van der Waals surface area contributed by atoms with Crippen LogP contribution in [0.5, 0.6) is 17.2 Å². The Balaban J connectivity index is 1.64. The highest BCUT2D eigenvalue weighted by atomic mass is 79.9. The quantitative estimate of drug-likeness (QED) is 0.156. The molecule has 43 heavy (non-hydrogen) atoms. The van der Waals surface area contributed by atoms with Crippen molar-refractivity contribution in [1.82, 2.24) is 9.99 Å². The van der Waals surface area contributed by atoms with Crippen molar-refractivity contribution in [1.29, 1.82) is 0 Å². The largest absolute Gasteiger partial charge is 0.495 e. The van der Waals surface area contributed by atoms with Crippen LogP contribution in [0.4, 0.5) is 5.69 Å². The lowest BCUT2D eigenvalue weighted by molar-refractivity contribution is -0.119. The number of nitrogens with one attached hydrogen (secondary N) is 1. The number of hydrazone groups is 1. The molecule has 0 aliphatic carbocycles. The number of aromatic nitrogens is 1. The molecule has 1 amide bonds. The van der Waals surface area contributed by atoms with Crippen LogP contribution >= 0.6 is 27.5 Å². The van der Waals surface area contributed by atoms with Gasteiger partial charge in [-0.3, -0.25) is 9.10 Å². The molecule has 10 nitrogen and oxygen atoms in total. The Morgan fingerprint density at radius 2 is 1.67 bits per heavy atom. The number of hydrogen-bond donors (Lipinski definition) is 1. The molecule has 0 unspecified atom stereocenters. The Morgan fingerprint density at radius 3 is 2.35 bits per heavy atom. The van der Waals surface area contributed by atoms with Gasteiger partial charge in [0.15, 0.2) is 11.5 Å². The van der Waals surface area contributed by atoms with Crippen LogP contribution < -0.4 is 23.9 Å². The van der Waals surface area contributed by atoms with Gasteiger partial charge < -0.3 is 18.8 Å². The molecule has 0 aliphatic heterocycles.